The summed E-state index contributed by atoms with van der Waals surface area (Å²) in [6.07, 6.45) is -6.34. The van der Waals surface area contributed by atoms with Crippen LogP contribution in [0, 0.1) is 0 Å². The van der Waals surface area contributed by atoms with Crippen LogP contribution in [-0.4, -0.2) is 24.4 Å². The number of fused-ring (bicyclic) bond motifs is 2. The zero-order chi connectivity index (χ0) is 18.5. The molecule has 26 heavy (non-hydrogen) atoms. The summed E-state index contributed by atoms with van der Waals surface area (Å²) in [5, 5.41) is 5.72. The van der Waals surface area contributed by atoms with Gasteiger partial charge in [-0.1, -0.05) is 6.07 Å². The Morgan fingerprint density at radius 3 is 2.50 bits per heavy atom. The Bertz CT molecular complexity index is 1060. The molecule has 5 nitrogen and oxygen atoms in total. The number of alkyl halides is 3. The second-order valence-corrected chi connectivity index (χ2v) is 5.95. The van der Waals surface area contributed by atoms with E-state index in [2.05, 4.69) is 15.6 Å². The molecule has 3 aromatic rings. The molecule has 1 unspecified atom stereocenters. The minimum Gasteiger partial charge on any atom is -0.495 e. The molecule has 0 saturated heterocycles. The molecule has 2 heterocycles. The molecule has 1 aromatic heterocycles. The normalized spacial score (nSPS) is 16.1. The maximum atomic E-state index is 13.1. The van der Waals surface area contributed by atoms with Crippen LogP contribution in [0.4, 0.5) is 24.5 Å². The molecule has 0 aliphatic carbocycles. The van der Waals surface area contributed by atoms with Crippen LogP contribution in [0.2, 0.25) is 0 Å². The van der Waals surface area contributed by atoms with Gasteiger partial charge in [0.2, 0.25) is 5.56 Å². The van der Waals surface area contributed by atoms with E-state index < -0.39 is 12.3 Å². The first-order chi connectivity index (χ1) is 12.4. The van der Waals surface area contributed by atoms with Crippen LogP contribution in [0.3, 0.4) is 0 Å². The second kappa shape index (κ2) is 5.69. The molecule has 0 saturated carbocycles. The molecule has 1 aliphatic heterocycles. The lowest BCUT2D eigenvalue weighted by atomic mass is 10.0. The van der Waals surface area contributed by atoms with Gasteiger partial charge in [0.1, 0.15) is 11.4 Å². The fourth-order valence-electron chi connectivity index (χ4n) is 3.10. The van der Waals surface area contributed by atoms with Crippen LogP contribution < -0.4 is 20.9 Å². The molecular formula is C18H14F3N3O2. The summed E-state index contributed by atoms with van der Waals surface area (Å²) in [6.45, 7) is 0. The molecule has 4 rings (SSSR count). The fraction of sp³-hybridized carbons (Fsp3) is 0.167. The van der Waals surface area contributed by atoms with Crippen molar-refractivity contribution in [2.75, 3.05) is 17.7 Å². The molecule has 0 amide bonds. The molecule has 134 valence electrons. The summed E-state index contributed by atoms with van der Waals surface area (Å²) < 4.78 is 44.6. The predicted molar refractivity (Wildman–Crippen MR) is 93.6 cm³/mol. The Hall–Kier alpha value is -3.16. The van der Waals surface area contributed by atoms with Gasteiger partial charge < -0.3 is 20.4 Å². The van der Waals surface area contributed by atoms with E-state index in [1.807, 2.05) is 6.07 Å². The Morgan fingerprint density at radius 2 is 1.77 bits per heavy atom. The van der Waals surface area contributed by atoms with Crippen LogP contribution in [-0.2, 0) is 0 Å². The molecular weight excluding hydrogens is 347 g/mol. The Morgan fingerprint density at radius 1 is 1.00 bits per heavy atom. The van der Waals surface area contributed by atoms with E-state index in [1.165, 1.54) is 13.2 Å². The van der Waals surface area contributed by atoms with Crippen LogP contribution in [0.1, 0.15) is 0 Å². The first kappa shape index (κ1) is 16.3. The second-order valence-electron chi connectivity index (χ2n) is 5.95. The van der Waals surface area contributed by atoms with E-state index in [1.54, 1.807) is 30.3 Å². The zero-order valence-corrected chi connectivity index (χ0v) is 13.6. The molecule has 1 atom stereocenters. The van der Waals surface area contributed by atoms with Gasteiger partial charge in [-0.3, -0.25) is 4.79 Å². The predicted octanol–water partition coefficient (Wildman–Crippen LogP) is 3.93. The highest BCUT2D eigenvalue weighted by molar-refractivity contribution is 5.95. The summed E-state index contributed by atoms with van der Waals surface area (Å²) in [6, 6.07) is 11.7. The largest absolute Gasteiger partial charge is 0.495 e. The van der Waals surface area contributed by atoms with Crippen molar-refractivity contribution in [2.24, 2.45) is 0 Å². The third kappa shape index (κ3) is 2.63. The van der Waals surface area contributed by atoms with E-state index in [0.29, 0.717) is 22.5 Å². The van der Waals surface area contributed by atoms with Crippen molar-refractivity contribution in [2.45, 2.75) is 12.3 Å². The number of hydrogen-bond acceptors (Lipinski definition) is 4. The molecule has 0 bridgehead atoms. The highest BCUT2D eigenvalue weighted by atomic mass is 19.4. The highest BCUT2D eigenvalue weighted by Crippen LogP contribution is 2.47. The Kier molecular flexibility index (Phi) is 3.57. The highest BCUT2D eigenvalue weighted by Gasteiger charge is 2.44. The van der Waals surface area contributed by atoms with Gasteiger partial charge in [-0.05, 0) is 41.3 Å². The average molecular weight is 361 g/mol. The van der Waals surface area contributed by atoms with Crippen molar-refractivity contribution in [1.82, 2.24) is 4.98 Å². The van der Waals surface area contributed by atoms with Crippen LogP contribution in [0.15, 0.2) is 47.3 Å². The number of pyridine rings is 1. The van der Waals surface area contributed by atoms with Crippen molar-refractivity contribution in [1.29, 1.82) is 0 Å². The van der Waals surface area contributed by atoms with Gasteiger partial charge in [-0.15, -0.1) is 0 Å². The number of methoxy groups -OCH3 is 1. The number of nitrogens with one attached hydrogen (secondary N) is 3. The maximum Gasteiger partial charge on any atom is 0.427 e. The number of aromatic nitrogens is 1. The number of aromatic amines is 1. The van der Waals surface area contributed by atoms with Crippen molar-refractivity contribution in [3.8, 4) is 16.9 Å². The topological polar surface area (TPSA) is 66.2 Å². The van der Waals surface area contributed by atoms with Gasteiger partial charge >= 0.3 is 6.18 Å². The van der Waals surface area contributed by atoms with Crippen molar-refractivity contribution in [3.05, 3.63) is 52.8 Å². The van der Waals surface area contributed by atoms with Gasteiger partial charge in [0.15, 0.2) is 6.17 Å². The quantitative estimate of drug-likeness (QED) is 0.647. The number of benzene rings is 2. The molecule has 8 heteroatoms. The van der Waals surface area contributed by atoms with Crippen LogP contribution in [0.25, 0.3) is 22.0 Å². The number of rotatable bonds is 2. The number of halogens is 3. The van der Waals surface area contributed by atoms with Crippen molar-refractivity contribution < 1.29 is 17.9 Å². The van der Waals surface area contributed by atoms with Gasteiger partial charge in [0.25, 0.3) is 0 Å². The standard InChI is InChI=1S/C18H14F3N3O2/c1-26-13-6-4-11(15-16(13)24-17(23-15)18(19,20)21)9-2-5-12-10(8-9)3-7-14(25)22-12/h2-8,17,23-24H,1H3,(H,22,25). The number of H-pyrrole nitrogens is 1. The Labute approximate surface area is 145 Å². The lowest BCUT2D eigenvalue weighted by Crippen LogP contribution is -2.38. The molecule has 0 radical (unpaired) electrons. The summed E-state index contributed by atoms with van der Waals surface area (Å²) in [5.74, 6) is 0.327. The minimum atomic E-state index is -4.45. The molecule has 0 spiro atoms. The van der Waals surface area contributed by atoms with Crippen molar-refractivity contribution >= 4 is 22.3 Å². The van der Waals surface area contributed by atoms with Crippen molar-refractivity contribution in [3.63, 3.8) is 0 Å². The van der Waals surface area contributed by atoms with E-state index in [-0.39, 0.29) is 11.2 Å². The lowest BCUT2D eigenvalue weighted by Gasteiger charge is -2.16. The lowest BCUT2D eigenvalue weighted by molar-refractivity contribution is -0.135. The molecule has 0 fully saturated rings. The van der Waals surface area contributed by atoms with Gasteiger partial charge in [0.05, 0.1) is 12.8 Å². The minimum absolute atomic E-state index is 0.213. The summed E-state index contributed by atoms with van der Waals surface area (Å²) >= 11 is 0. The van der Waals surface area contributed by atoms with E-state index in [0.717, 1.165) is 10.9 Å². The molecule has 1 aliphatic rings. The number of anilines is 2. The zero-order valence-electron chi connectivity index (χ0n) is 13.6. The van der Waals surface area contributed by atoms with Crippen LogP contribution >= 0.6 is 0 Å². The maximum absolute atomic E-state index is 13.1. The fourth-order valence-corrected chi connectivity index (χ4v) is 3.10. The SMILES string of the molecule is COc1ccc(-c2ccc3[nH]c(=O)ccc3c2)c2c1NC(C(F)(F)F)N2. The third-order valence-corrected chi connectivity index (χ3v) is 4.33. The average Bonchev–Trinajstić information content (AvgIpc) is 3.06. The van der Waals surface area contributed by atoms with Crippen LogP contribution in [0.5, 0.6) is 5.75 Å². The smallest absolute Gasteiger partial charge is 0.427 e. The molecule has 2 aromatic carbocycles. The summed E-state index contributed by atoms with van der Waals surface area (Å²) in [5.41, 5.74) is 2.37. The first-order valence-corrected chi connectivity index (χ1v) is 7.81. The third-order valence-electron chi connectivity index (χ3n) is 4.33. The summed E-state index contributed by atoms with van der Waals surface area (Å²) in [7, 11) is 1.41. The van der Waals surface area contributed by atoms with Gasteiger partial charge in [0, 0.05) is 17.1 Å². The van der Waals surface area contributed by atoms with E-state index in [9.17, 15) is 18.0 Å². The van der Waals surface area contributed by atoms with E-state index >= 15 is 0 Å². The number of ether oxygens (including phenoxy) is 1. The van der Waals surface area contributed by atoms with E-state index in [4.69, 9.17) is 4.74 Å². The number of hydrogen-bond donors (Lipinski definition) is 3. The first-order valence-electron chi connectivity index (χ1n) is 7.81. The molecule has 3 N–H and O–H groups in total. The van der Waals surface area contributed by atoms with Gasteiger partial charge in [-0.2, -0.15) is 13.2 Å². The monoisotopic (exact) mass is 361 g/mol. The Balaban J connectivity index is 1.85. The summed E-state index contributed by atoms with van der Waals surface area (Å²) in [4.78, 5) is 14.1. The van der Waals surface area contributed by atoms with Gasteiger partial charge in [-0.25, -0.2) is 0 Å².